The van der Waals surface area contributed by atoms with E-state index in [1.165, 1.54) is 122 Å². The number of unbranched alkanes of at least 4 members (excludes halogenated alkanes) is 24. The molecule has 0 aromatic carbocycles. The lowest BCUT2D eigenvalue weighted by molar-refractivity contribution is -0.150. The van der Waals surface area contributed by atoms with E-state index in [1.54, 1.807) is 0 Å². The van der Waals surface area contributed by atoms with Gasteiger partial charge in [-0.1, -0.05) is 166 Å². The van der Waals surface area contributed by atoms with Crippen LogP contribution in [0.3, 0.4) is 0 Å². The summed E-state index contributed by atoms with van der Waals surface area (Å²) in [6.45, 7) is 4.94. The van der Waals surface area contributed by atoms with Gasteiger partial charge in [-0.05, 0) is 109 Å². The lowest BCUT2D eigenvalue weighted by Crippen LogP contribution is -2.40. The number of carbonyl (C=O) groups is 3. The molecule has 0 saturated heterocycles. The molecule has 0 fully saturated rings. The summed E-state index contributed by atoms with van der Waals surface area (Å²) in [4.78, 5) is 36.5. The van der Waals surface area contributed by atoms with E-state index in [0.717, 1.165) is 83.5 Å². The average molecular weight is 801 g/mol. The van der Waals surface area contributed by atoms with Crippen LogP contribution in [-0.4, -0.2) is 41.6 Å². The molecule has 0 heterocycles. The maximum Gasteiger partial charge on any atom is 0.326 e. The van der Waals surface area contributed by atoms with Gasteiger partial charge in [-0.15, -0.1) is 0 Å². The molecule has 57 heavy (non-hydrogen) atoms. The number of ether oxygens (including phenoxy) is 1. The van der Waals surface area contributed by atoms with E-state index in [0.29, 0.717) is 32.2 Å². The van der Waals surface area contributed by atoms with Gasteiger partial charge in [0.2, 0.25) is 5.91 Å². The first-order valence-corrected chi connectivity index (χ1v) is 24.3. The fraction of sp³-hybridized carbons (Fsp3) is 0.820. The van der Waals surface area contributed by atoms with Crippen molar-refractivity contribution in [1.82, 2.24) is 5.32 Å². The van der Waals surface area contributed by atoms with E-state index >= 15 is 0 Å². The van der Waals surface area contributed by atoms with Crippen molar-refractivity contribution in [3.05, 3.63) is 36.5 Å². The van der Waals surface area contributed by atoms with E-state index in [1.807, 2.05) is 0 Å². The number of amides is 1. The third kappa shape index (κ3) is 41.5. The Bertz CT molecular complexity index is 993. The standard InChI is InChI=1S/C50H92N2O5/c1-3-5-7-9-11-13-15-17-18-19-20-21-23-25-27-29-34-38-44-49(54)57-46(40-35-31-28-26-24-22-16-14-12-10-8-6-4-2)41-36-32-30-33-37-43-48(53)52-47(50(55)56)42-39-45-51/h13,15,18-19,26,28,46-47H,3-12,14,16-17,20-25,27,29-45,51H2,1-2H3,(H,52,53)(H,55,56)/b15-13-,19-18-,28-26-. The second kappa shape index (κ2) is 44.7. The predicted molar refractivity (Wildman–Crippen MR) is 243 cm³/mol. The van der Waals surface area contributed by atoms with Gasteiger partial charge in [-0.25, -0.2) is 4.79 Å². The van der Waals surface area contributed by atoms with Crippen LogP contribution >= 0.6 is 0 Å². The van der Waals surface area contributed by atoms with Gasteiger partial charge in [0, 0.05) is 12.8 Å². The molecule has 2 unspecified atom stereocenters. The Kier molecular flexibility index (Phi) is 42.8. The zero-order chi connectivity index (χ0) is 41.7. The van der Waals surface area contributed by atoms with Crippen LogP contribution < -0.4 is 11.1 Å². The van der Waals surface area contributed by atoms with Crippen molar-refractivity contribution < 1.29 is 24.2 Å². The highest BCUT2D eigenvalue weighted by molar-refractivity contribution is 5.83. The van der Waals surface area contributed by atoms with Gasteiger partial charge >= 0.3 is 11.9 Å². The van der Waals surface area contributed by atoms with Crippen LogP contribution in [0.4, 0.5) is 0 Å². The molecule has 0 saturated carbocycles. The monoisotopic (exact) mass is 801 g/mol. The van der Waals surface area contributed by atoms with Gasteiger partial charge in [0.1, 0.15) is 12.1 Å². The van der Waals surface area contributed by atoms with E-state index < -0.39 is 12.0 Å². The van der Waals surface area contributed by atoms with Crippen molar-refractivity contribution in [2.24, 2.45) is 5.73 Å². The first-order chi connectivity index (χ1) is 27.9. The van der Waals surface area contributed by atoms with Gasteiger partial charge in [-0.3, -0.25) is 9.59 Å². The van der Waals surface area contributed by atoms with Crippen LogP contribution in [0.2, 0.25) is 0 Å². The molecular weight excluding hydrogens is 709 g/mol. The summed E-state index contributed by atoms with van der Waals surface area (Å²) in [5.74, 6) is -1.25. The summed E-state index contributed by atoms with van der Waals surface area (Å²) in [5, 5.41) is 12.0. The fourth-order valence-electron chi connectivity index (χ4n) is 7.25. The van der Waals surface area contributed by atoms with Gasteiger partial charge in [-0.2, -0.15) is 0 Å². The molecule has 0 rings (SSSR count). The number of nitrogens with one attached hydrogen (secondary N) is 1. The first-order valence-electron chi connectivity index (χ1n) is 24.3. The Morgan fingerprint density at radius 1 is 0.509 bits per heavy atom. The van der Waals surface area contributed by atoms with Crippen molar-refractivity contribution in [2.75, 3.05) is 6.54 Å². The maximum atomic E-state index is 12.8. The minimum absolute atomic E-state index is 0.0218. The molecule has 0 aliphatic rings. The molecule has 1 amide bonds. The number of allylic oxidation sites excluding steroid dienone is 6. The number of hydrogen-bond acceptors (Lipinski definition) is 5. The SMILES string of the molecule is CCCCCC/C=C\C/C=C\CCCCCCCCCC(=O)OC(CCC/C=C\CCCCCCCCCC)CCCCCCCC(=O)NC(CCCN)C(=O)O. The van der Waals surface area contributed by atoms with Gasteiger partial charge in [0.25, 0.3) is 0 Å². The first kappa shape index (κ1) is 54.6. The molecule has 0 bridgehead atoms. The molecule has 7 nitrogen and oxygen atoms in total. The minimum Gasteiger partial charge on any atom is -0.480 e. The molecule has 0 aromatic heterocycles. The van der Waals surface area contributed by atoms with Gasteiger partial charge in [0.15, 0.2) is 0 Å². The highest BCUT2D eigenvalue weighted by atomic mass is 16.5. The van der Waals surface area contributed by atoms with Crippen LogP contribution in [-0.2, 0) is 19.1 Å². The molecule has 0 aliphatic carbocycles. The number of carboxylic acid groups (broad SMARTS) is 1. The lowest BCUT2D eigenvalue weighted by atomic mass is 10.0. The molecule has 0 aliphatic heterocycles. The highest BCUT2D eigenvalue weighted by Crippen LogP contribution is 2.18. The summed E-state index contributed by atoms with van der Waals surface area (Å²) in [6.07, 6.45) is 53.4. The van der Waals surface area contributed by atoms with E-state index in [9.17, 15) is 19.5 Å². The minimum atomic E-state index is -1.01. The van der Waals surface area contributed by atoms with Crippen LogP contribution in [0, 0.1) is 0 Å². The average Bonchev–Trinajstić information content (AvgIpc) is 3.20. The summed E-state index contributed by atoms with van der Waals surface area (Å²) < 4.78 is 6.05. The zero-order valence-electron chi connectivity index (χ0n) is 37.4. The lowest BCUT2D eigenvalue weighted by Gasteiger charge is -2.18. The summed E-state index contributed by atoms with van der Waals surface area (Å²) >= 11 is 0. The molecule has 2 atom stereocenters. The molecule has 0 spiro atoms. The number of hydrogen-bond donors (Lipinski definition) is 3. The van der Waals surface area contributed by atoms with Crippen LogP contribution in [0.15, 0.2) is 36.5 Å². The Labute approximate surface area is 352 Å². The Hall–Kier alpha value is -2.41. The Morgan fingerprint density at radius 2 is 0.930 bits per heavy atom. The van der Waals surface area contributed by atoms with E-state index in [4.69, 9.17) is 10.5 Å². The highest BCUT2D eigenvalue weighted by Gasteiger charge is 2.19. The molecule has 0 aromatic rings. The maximum absolute atomic E-state index is 12.8. The molecule has 4 N–H and O–H groups in total. The van der Waals surface area contributed by atoms with Crippen molar-refractivity contribution in [3.8, 4) is 0 Å². The molecule has 7 heteroatoms. The van der Waals surface area contributed by atoms with E-state index in [-0.39, 0.29) is 18.0 Å². The third-order valence-electron chi connectivity index (χ3n) is 10.9. The molecular formula is C50H92N2O5. The van der Waals surface area contributed by atoms with Crippen molar-refractivity contribution in [1.29, 1.82) is 0 Å². The zero-order valence-corrected chi connectivity index (χ0v) is 37.4. The number of carbonyl (C=O) groups excluding carboxylic acids is 2. The smallest absolute Gasteiger partial charge is 0.326 e. The number of carboxylic acids is 1. The van der Waals surface area contributed by atoms with Gasteiger partial charge < -0.3 is 20.9 Å². The normalized spacial score (nSPS) is 12.9. The molecule has 332 valence electrons. The van der Waals surface area contributed by atoms with Gasteiger partial charge in [0.05, 0.1) is 0 Å². The van der Waals surface area contributed by atoms with Crippen molar-refractivity contribution >= 4 is 17.8 Å². The Balaban J connectivity index is 4.33. The van der Waals surface area contributed by atoms with Crippen molar-refractivity contribution in [3.63, 3.8) is 0 Å². The number of aliphatic carboxylic acids is 1. The number of esters is 1. The topological polar surface area (TPSA) is 119 Å². The fourth-order valence-corrected chi connectivity index (χ4v) is 7.25. The van der Waals surface area contributed by atoms with Crippen LogP contribution in [0.5, 0.6) is 0 Å². The molecule has 0 radical (unpaired) electrons. The largest absolute Gasteiger partial charge is 0.480 e. The predicted octanol–water partition coefficient (Wildman–Crippen LogP) is 14.2. The van der Waals surface area contributed by atoms with E-state index in [2.05, 4.69) is 55.6 Å². The second-order valence-corrected chi connectivity index (χ2v) is 16.5. The second-order valence-electron chi connectivity index (χ2n) is 16.5. The number of rotatable bonds is 44. The Morgan fingerprint density at radius 3 is 1.46 bits per heavy atom. The van der Waals surface area contributed by atoms with Crippen LogP contribution in [0.25, 0.3) is 0 Å². The number of nitrogens with two attached hydrogens (primary N) is 1. The summed E-state index contributed by atoms with van der Waals surface area (Å²) in [6, 6.07) is -0.860. The van der Waals surface area contributed by atoms with Crippen molar-refractivity contribution in [2.45, 2.75) is 257 Å². The van der Waals surface area contributed by atoms with Crippen LogP contribution in [0.1, 0.15) is 245 Å². The third-order valence-corrected chi connectivity index (χ3v) is 10.9. The summed E-state index contributed by atoms with van der Waals surface area (Å²) in [5.41, 5.74) is 5.49. The summed E-state index contributed by atoms with van der Waals surface area (Å²) in [7, 11) is 0. The quantitative estimate of drug-likeness (QED) is 0.0321.